The lowest BCUT2D eigenvalue weighted by Crippen LogP contribution is -2.32. The van der Waals surface area contributed by atoms with Crippen molar-refractivity contribution in [2.75, 3.05) is 6.61 Å². The van der Waals surface area contributed by atoms with Crippen molar-refractivity contribution in [2.45, 2.75) is 6.04 Å². The molecule has 0 aliphatic carbocycles. The number of rotatable bonds is 3. The van der Waals surface area contributed by atoms with Crippen molar-refractivity contribution in [3.8, 4) is 0 Å². The molecule has 3 rings (SSSR count). The number of hydrogen-bond donors (Lipinski definition) is 0. The van der Waals surface area contributed by atoms with Crippen LogP contribution in [0.3, 0.4) is 0 Å². The van der Waals surface area contributed by atoms with Gasteiger partial charge in [-0.1, -0.05) is 30.3 Å². The van der Waals surface area contributed by atoms with Gasteiger partial charge in [-0.2, -0.15) is 0 Å². The Balaban J connectivity index is 1.83. The number of amides is 2. The minimum atomic E-state index is -1.59. The molecule has 1 saturated heterocycles. The lowest BCUT2D eigenvalue weighted by Gasteiger charge is -2.18. The van der Waals surface area contributed by atoms with Crippen LogP contribution in [0.25, 0.3) is 6.08 Å². The molecule has 0 unspecified atom stereocenters. The second-order valence-electron chi connectivity index (χ2n) is 5.34. The number of ether oxygens (including phenoxy) is 1. The summed E-state index contributed by atoms with van der Waals surface area (Å²) in [7, 11) is 0. The minimum Gasteiger partial charge on any atom is -0.446 e. The van der Waals surface area contributed by atoms with E-state index in [1.54, 1.807) is 30.3 Å². The third-order valence-electron chi connectivity index (χ3n) is 3.72. The summed E-state index contributed by atoms with van der Waals surface area (Å²) < 4.78 is 44.2. The fourth-order valence-electron chi connectivity index (χ4n) is 2.50. The van der Waals surface area contributed by atoms with Crippen LogP contribution in [0, 0.1) is 17.5 Å². The second-order valence-corrected chi connectivity index (χ2v) is 5.34. The average Bonchev–Trinajstić information content (AvgIpc) is 3.00. The van der Waals surface area contributed by atoms with E-state index in [4.69, 9.17) is 4.74 Å². The smallest absolute Gasteiger partial charge is 0.417 e. The molecule has 1 aliphatic rings. The molecule has 2 aromatic carbocycles. The summed E-state index contributed by atoms with van der Waals surface area (Å²) in [5.74, 6) is -5.03. The lowest BCUT2D eigenvalue weighted by molar-refractivity contribution is -0.124. The van der Waals surface area contributed by atoms with E-state index in [0.717, 1.165) is 29.2 Å². The topological polar surface area (TPSA) is 46.6 Å². The Morgan fingerprint density at radius 2 is 1.76 bits per heavy atom. The first-order valence-corrected chi connectivity index (χ1v) is 7.35. The van der Waals surface area contributed by atoms with Gasteiger partial charge in [0.2, 0.25) is 0 Å². The average molecular weight is 347 g/mol. The van der Waals surface area contributed by atoms with Crippen molar-refractivity contribution >= 4 is 18.1 Å². The Kier molecular flexibility index (Phi) is 4.56. The molecule has 2 aromatic rings. The Morgan fingerprint density at radius 1 is 1.12 bits per heavy atom. The van der Waals surface area contributed by atoms with Crippen molar-refractivity contribution in [3.05, 3.63) is 77.1 Å². The summed E-state index contributed by atoms with van der Waals surface area (Å²) in [6.07, 6.45) is 1.27. The van der Waals surface area contributed by atoms with Gasteiger partial charge in [0.05, 0.1) is 0 Å². The van der Waals surface area contributed by atoms with Crippen molar-refractivity contribution in [2.24, 2.45) is 0 Å². The summed E-state index contributed by atoms with van der Waals surface area (Å²) in [5, 5.41) is 0. The Morgan fingerprint density at radius 3 is 2.40 bits per heavy atom. The highest BCUT2D eigenvalue weighted by atomic mass is 19.2. The van der Waals surface area contributed by atoms with Gasteiger partial charge in [-0.3, -0.25) is 4.79 Å². The van der Waals surface area contributed by atoms with Gasteiger partial charge in [-0.25, -0.2) is 22.9 Å². The summed E-state index contributed by atoms with van der Waals surface area (Å²) in [5.41, 5.74) is 0.669. The first-order valence-electron chi connectivity index (χ1n) is 7.35. The second kappa shape index (κ2) is 6.80. The van der Waals surface area contributed by atoms with E-state index in [1.807, 2.05) is 0 Å². The molecule has 25 heavy (non-hydrogen) atoms. The number of cyclic esters (lactones) is 1. The quantitative estimate of drug-likeness (QED) is 0.626. The summed E-state index contributed by atoms with van der Waals surface area (Å²) >= 11 is 0. The molecule has 1 atom stereocenters. The van der Waals surface area contributed by atoms with Crippen LogP contribution in [-0.2, 0) is 9.53 Å². The van der Waals surface area contributed by atoms with E-state index in [9.17, 15) is 22.8 Å². The normalized spacial score (nSPS) is 17.2. The molecule has 0 bridgehead atoms. The Bertz CT molecular complexity index is 829. The third-order valence-corrected chi connectivity index (χ3v) is 3.72. The molecule has 0 N–H and O–H groups in total. The molecule has 0 saturated carbocycles. The number of imide groups is 1. The maximum absolute atomic E-state index is 13.2. The largest absolute Gasteiger partial charge is 0.446 e. The maximum atomic E-state index is 13.2. The zero-order chi connectivity index (χ0) is 18.0. The van der Waals surface area contributed by atoms with E-state index < -0.39 is 35.5 Å². The zero-order valence-electron chi connectivity index (χ0n) is 12.8. The molecular weight excluding hydrogens is 335 g/mol. The third kappa shape index (κ3) is 3.40. The van der Waals surface area contributed by atoms with Crippen LogP contribution in [-0.4, -0.2) is 23.5 Å². The molecule has 0 aromatic heterocycles. The van der Waals surface area contributed by atoms with Crippen LogP contribution < -0.4 is 0 Å². The first kappa shape index (κ1) is 16.8. The monoisotopic (exact) mass is 347 g/mol. The SMILES string of the molecule is O=C(C=Cc1cc(F)c(F)c(F)c1)N1C(=O)OC[C@H]1c1ccccc1. The van der Waals surface area contributed by atoms with Gasteiger partial charge in [0.15, 0.2) is 17.5 Å². The minimum absolute atomic E-state index is 0.0161. The molecule has 0 radical (unpaired) electrons. The fraction of sp³-hybridized carbons (Fsp3) is 0.111. The number of carbonyl (C=O) groups excluding carboxylic acids is 2. The van der Waals surface area contributed by atoms with E-state index in [1.165, 1.54) is 0 Å². The van der Waals surface area contributed by atoms with Crippen molar-refractivity contribution in [1.29, 1.82) is 0 Å². The Labute approximate surface area is 141 Å². The fourth-order valence-corrected chi connectivity index (χ4v) is 2.50. The van der Waals surface area contributed by atoms with Crippen molar-refractivity contribution in [3.63, 3.8) is 0 Å². The molecule has 0 spiro atoms. The zero-order valence-corrected chi connectivity index (χ0v) is 12.8. The van der Waals surface area contributed by atoms with E-state index in [2.05, 4.69) is 0 Å². The van der Waals surface area contributed by atoms with E-state index in [-0.39, 0.29) is 12.2 Å². The summed E-state index contributed by atoms with van der Waals surface area (Å²) in [4.78, 5) is 25.1. The highest BCUT2D eigenvalue weighted by molar-refractivity contribution is 6.02. The highest BCUT2D eigenvalue weighted by Crippen LogP contribution is 2.28. The van der Waals surface area contributed by atoms with Crippen LogP contribution >= 0.6 is 0 Å². The van der Waals surface area contributed by atoms with Gasteiger partial charge >= 0.3 is 6.09 Å². The Hall–Kier alpha value is -3.09. The molecule has 1 fully saturated rings. The summed E-state index contributed by atoms with van der Waals surface area (Å²) in [6, 6.07) is 9.74. The molecule has 2 amide bonds. The van der Waals surface area contributed by atoms with Gasteiger partial charge in [-0.15, -0.1) is 0 Å². The first-order chi connectivity index (χ1) is 12.0. The van der Waals surface area contributed by atoms with Crippen LogP contribution in [0.15, 0.2) is 48.5 Å². The molecule has 4 nitrogen and oxygen atoms in total. The molecular formula is C18H12F3NO3. The molecule has 1 aliphatic heterocycles. The van der Waals surface area contributed by atoms with Crippen LogP contribution in [0.4, 0.5) is 18.0 Å². The standard InChI is InChI=1S/C18H12F3NO3/c19-13-8-11(9-14(20)17(13)21)6-7-16(23)22-15(10-25-18(22)24)12-4-2-1-3-5-12/h1-9,15H,10H2/t15-/m0/s1. The number of hydrogen-bond acceptors (Lipinski definition) is 3. The van der Waals surface area contributed by atoms with E-state index in [0.29, 0.717) is 5.56 Å². The highest BCUT2D eigenvalue weighted by Gasteiger charge is 2.37. The number of benzene rings is 2. The van der Waals surface area contributed by atoms with E-state index >= 15 is 0 Å². The van der Waals surface area contributed by atoms with Crippen LogP contribution in [0.2, 0.25) is 0 Å². The molecule has 1 heterocycles. The molecule has 7 heteroatoms. The predicted molar refractivity (Wildman–Crippen MR) is 82.7 cm³/mol. The lowest BCUT2D eigenvalue weighted by atomic mass is 10.1. The van der Waals surface area contributed by atoms with Gasteiger partial charge in [-0.05, 0) is 29.3 Å². The van der Waals surface area contributed by atoms with Crippen molar-refractivity contribution < 1.29 is 27.5 Å². The van der Waals surface area contributed by atoms with Gasteiger partial charge < -0.3 is 4.74 Å². The van der Waals surface area contributed by atoms with Crippen molar-refractivity contribution in [1.82, 2.24) is 4.90 Å². The number of nitrogens with zero attached hydrogens (tertiary/aromatic N) is 1. The molecule has 128 valence electrons. The number of halogens is 3. The summed E-state index contributed by atoms with van der Waals surface area (Å²) in [6.45, 7) is 0.0161. The van der Waals surface area contributed by atoms with Gasteiger partial charge in [0.25, 0.3) is 5.91 Å². The van der Waals surface area contributed by atoms with Gasteiger partial charge in [0.1, 0.15) is 12.6 Å². The van der Waals surface area contributed by atoms with Crippen LogP contribution in [0.1, 0.15) is 17.2 Å². The predicted octanol–water partition coefficient (Wildman–Crippen LogP) is 3.84. The van der Waals surface area contributed by atoms with Crippen LogP contribution in [0.5, 0.6) is 0 Å². The van der Waals surface area contributed by atoms with Gasteiger partial charge in [0, 0.05) is 6.08 Å². The maximum Gasteiger partial charge on any atom is 0.417 e. The number of carbonyl (C=O) groups is 2.